The van der Waals surface area contributed by atoms with Crippen molar-refractivity contribution in [1.82, 2.24) is 9.62 Å². The quantitative estimate of drug-likeness (QED) is 0.514. The van der Waals surface area contributed by atoms with E-state index in [0.717, 1.165) is 21.2 Å². The molecule has 2 aromatic carbocycles. The number of thiophene rings is 1. The zero-order valence-corrected chi connectivity index (χ0v) is 20.0. The normalized spacial score (nSPS) is 18.9. The number of carbonyl (C=O) groups is 2. The highest BCUT2D eigenvalue weighted by atomic mass is 32.2. The Kier molecular flexibility index (Phi) is 7.01. The molecule has 178 valence electrons. The Balaban J connectivity index is 1.50. The van der Waals surface area contributed by atoms with Gasteiger partial charge in [0.25, 0.3) is 5.91 Å². The van der Waals surface area contributed by atoms with Crippen LogP contribution in [0.3, 0.4) is 0 Å². The van der Waals surface area contributed by atoms with Crippen LogP contribution in [0.4, 0.5) is 0 Å². The molecule has 0 bridgehead atoms. The molecular weight excluding hydrogens is 476 g/mol. The molecule has 0 radical (unpaired) electrons. The molecule has 0 spiro atoms. The van der Waals surface area contributed by atoms with Crippen molar-refractivity contribution in [3.05, 3.63) is 70.9 Å². The van der Waals surface area contributed by atoms with Gasteiger partial charge in [-0.25, -0.2) is 8.42 Å². The number of hydrogen-bond acceptors (Lipinski definition) is 6. The van der Waals surface area contributed by atoms with E-state index in [-0.39, 0.29) is 23.8 Å². The van der Waals surface area contributed by atoms with Gasteiger partial charge in [-0.2, -0.15) is 4.31 Å². The molecular formula is C24H24N2O6S2. The lowest BCUT2D eigenvalue weighted by Gasteiger charge is -2.36. The molecule has 1 aromatic heterocycles. The van der Waals surface area contributed by atoms with Crippen molar-refractivity contribution < 1.29 is 27.9 Å². The summed E-state index contributed by atoms with van der Waals surface area (Å²) in [6.07, 6.45) is 0.319. The van der Waals surface area contributed by atoms with Crippen molar-refractivity contribution in [1.29, 1.82) is 0 Å². The Morgan fingerprint density at radius 2 is 1.71 bits per heavy atom. The molecule has 4 rings (SSSR count). The fourth-order valence-corrected chi connectivity index (χ4v) is 6.22. The van der Waals surface area contributed by atoms with Crippen molar-refractivity contribution in [3.8, 4) is 16.9 Å². The summed E-state index contributed by atoms with van der Waals surface area (Å²) in [6, 6.07) is 15.5. The molecule has 34 heavy (non-hydrogen) atoms. The molecule has 1 aliphatic rings. The summed E-state index contributed by atoms with van der Waals surface area (Å²) < 4.78 is 32.8. The molecule has 0 saturated carbocycles. The van der Waals surface area contributed by atoms with Crippen LogP contribution in [0.5, 0.6) is 5.75 Å². The van der Waals surface area contributed by atoms with E-state index in [2.05, 4.69) is 5.32 Å². The van der Waals surface area contributed by atoms with Crippen molar-refractivity contribution in [2.24, 2.45) is 0 Å². The summed E-state index contributed by atoms with van der Waals surface area (Å²) >= 11 is 1.29. The highest BCUT2D eigenvalue weighted by Gasteiger charge is 2.41. The van der Waals surface area contributed by atoms with Crippen LogP contribution in [0, 0.1) is 0 Å². The van der Waals surface area contributed by atoms with E-state index in [1.807, 2.05) is 24.3 Å². The second kappa shape index (κ2) is 9.96. The van der Waals surface area contributed by atoms with E-state index in [0.29, 0.717) is 11.3 Å². The smallest absolute Gasteiger partial charge is 0.322 e. The average molecular weight is 501 g/mol. The van der Waals surface area contributed by atoms with E-state index in [1.54, 1.807) is 36.8 Å². The summed E-state index contributed by atoms with van der Waals surface area (Å²) in [4.78, 5) is 24.9. The van der Waals surface area contributed by atoms with Crippen LogP contribution in [0.25, 0.3) is 11.1 Å². The molecule has 0 unspecified atom stereocenters. The third-order valence-corrected chi connectivity index (χ3v) is 8.59. The summed E-state index contributed by atoms with van der Waals surface area (Å²) in [6.45, 7) is -0.00504. The summed E-state index contributed by atoms with van der Waals surface area (Å²) in [5, 5.41) is 14.4. The number of nitrogens with zero attached hydrogens (tertiary/aromatic N) is 1. The van der Waals surface area contributed by atoms with Crippen LogP contribution in [-0.2, 0) is 14.8 Å². The number of aliphatic carboxylic acids is 1. The van der Waals surface area contributed by atoms with Gasteiger partial charge in [-0.3, -0.25) is 9.59 Å². The average Bonchev–Trinajstić information content (AvgIpc) is 3.39. The van der Waals surface area contributed by atoms with Gasteiger partial charge in [-0.15, -0.1) is 11.3 Å². The largest absolute Gasteiger partial charge is 0.497 e. The zero-order valence-electron chi connectivity index (χ0n) is 18.4. The third-order valence-electron chi connectivity index (χ3n) is 5.80. The first-order valence-electron chi connectivity index (χ1n) is 10.6. The maximum Gasteiger partial charge on any atom is 0.322 e. The lowest BCUT2D eigenvalue weighted by molar-refractivity contribution is -0.142. The number of piperidine rings is 1. The van der Waals surface area contributed by atoms with E-state index in [4.69, 9.17) is 4.74 Å². The van der Waals surface area contributed by atoms with Crippen molar-refractivity contribution >= 4 is 33.2 Å². The Labute approximate surface area is 201 Å². The highest BCUT2D eigenvalue weighted by Crippen LogP contribution is 2.29. The topological polar surface area (TPSA) is 113 Å². The van der Waals surface area contributed by atoms with E-state index >= 15 is 0 Å². The van der Waals surface area contributed by atoms with Crippen LogP contribution < -0.4 is 10.1 Å². The first-order chi connectivity index (χ1) is 16.3. The number of nitrogens with one attached hydrogen (secondary N) is 1. The molecule has 3 aromatic rings. The van der Waals surface area contributed by atoms with Gasteiger partial charge in [0.1, 0.15) is 11.8 Å². The molecule has 8 nitrogen and oxygen atoms in total. The SMILES string of the molecule is COc1ccc(-c2ccc(S(=O)(=O)N3CC[C@@H](NC(=O)c4cccs4)C[C@@H]3C(=O)O)cc2)cc1. The number of methoxy groups -OCH3 is 1. The molecule has 1 fully saturated rings. The molecule has 1 amide bonds. The summed E-state index contributed by atoms with van der Waals surface area (Å²) in [5.41, 5.74) is 1.72. The van der Waals surface area contributed by atoms with Crippen molar-refractivity contribution in [3.63, 3.8) is 0 Å². The van der Waals surface area contributed by atoms with Crippen molar-refractivity contribution in [2.45, 2.75) is 29.8 Å². The maximum absolute atomic E-state index is 13.3. The Morgan fingerprint density at radius 1 is 1.06 bits per heavy atom. The van der Waals surface area contributed by atoms with Gasteiger partial charge in [-0.1, -0.05) is 30.3 Å². The van der Waals surface area contributed by atoms with Gasteiger partial charge in [0.15, 0.2) is 0 Å². The Morgan fingerprint density at radius 3 is 2.26 bits per heavy atom. The van der Waals surface area contributed by atoms with Gasteiger partial charge < -0.3 is 15.2 Å². The molecule has 2 N–H and O–H groups in total. The summed E-state index contributed by atoms with van der Waals surface area (Å²) in [7, 11) is -2.46. The zero-order chi connectivity index (χ0) is 24.3. The van der Waals surface area contributed by atoms with Gasteiger partial charge in [-0.05, 0) is 59.7 Å². The fraction of sp³-hybridized carbons (Fsp3) is 0.250. The van der Waals surface area contributed by atoms with Gasteiger partial charge in [0.2, 0.25) is 10.0 Å². The van der Waals surface area contributed by atoms with Crippen molar-refractivity contribution in [2.75, 3.05) is 13.7 Å². The second-order valence-electron chi connectivity index (χ2n) is 7.89. The number of benzene rings is 2. The maximum atomic E-state index is 13.3. The number of ether oxygens (including phenoxy) is 1. The number of sulfonamides is 1. The number of rotatable bonds is 7. The minimum atomic E-state index is -4.04. The minimum Gasteiger partial charge on any atom is -0.497 e. The van der Waals surface area contributed by atoms with Gasteiger partial charge in [0, 0.05) is 12.6 Å². The minimum absolute atomic E-state index is 0.00435. The predicted molar refractivity (Wildman–Crippen MR) is 129 cm³/mol. The van der Waals surface area contributed by atoms with Crippen LogP contribution in [0.1, 0.15) is 22.5 Å². The first kappa shape index (κ1) is 23.9. The Hall–Kier alpha value is -3.21. The van der Waals surface area contributed by atoms with Gasteiger partial charge >= 0.3 is 5.97 Å². The van der Waals surface area contributed by atoms with Crippen LogP contribution >= 0.6 is 11.3 Å². The van der Waals surface area contributed by atoms with Crippen LogP contribution in [0.2, 0.25) is 0 Å². The second-order valence-corrected chi connectivity index (χ2v) is 10.7. The van der Waals surface area contributed by atoms with Crippen LogP contribution in [-0.4, -0.2) is 55.4 Å². The van der Waals surface area contributed by atoms with E-state index < -0.39 is 28.1 Å². The number of carboxylic acid groups (broad SMARTS) is 1. The number of amides is 1. The lowest BCUT2D eigenvalue weighted by Crippen LogP contribution is -2.54. The Bertz CT molecular complexity index is 1260. The third kappa shape index (κ3) is 4.98. The lowest BCUT2D eigenvalue weighted by atomic mass is 9.99. The first-order valence-corrected chi connectivity index (χ1v) is 12.9. The fourth-order valence-electron chi connectivity index (χ4n) is 3.99. The summed E-state index contributed by atoms with van der Waals surface area (Å²) in [5.74, 6) is -0.805. The monoisotopic (exact) mass is 500 g/mol. The number of carboxylic acids is 1. The molecule has 10 heteroatoms. The van der Waals surface area contributed by atoms with E-state index in [1.165, 1.54) is 23.5 Å². The molecule has 1 aliphatic heterocycles. The number of hydrogen-bond donors (Lipinski definition) is 2. The standard InChI is InChI=1S/C24H24N2O6S2/c1-32-19-8-4-16(5-9-19)17-6-10-20(11-7-17)34(30,31)26-13-12-18(15-21(26)24(28)29)25-23(27)22-3-2-14-33-22/h2-11,14,18,21H,12-13,15H2,1H3,(H,25,27)(H,28,29)/t18-,21-/m1/s1. The molecule has 1 saturated heterocycles. The molecule has 2 atom stereocenters. The van der Waals surface area contributed by atoms with Crippen LogP contribution in [0.15, 0.2) is 70.9 Å². The predicted octanol–water partition coefficient (Wildman–Crippen LogP) is 3.46. The van der Waals surface area contributed by atoms with E-state index in [9.17, 15) is 23.1 Å². The van der Waals surface area contributed by atoms with Gasteiger partial charge in [0.05, 0.1) is 16.9 Å². The molecule has 2 heterocycles. The number of carbonyl (C=O) groups excluding carboxylic acids is 1. The molecule has 0 aliphatic carbocycles. The highest BCUT2D eigenvalue weighted by molar-refractivity contribution is 7.89.